The van der Waals surface area contributed by atoms with Gasteiger partial charge in [0.1, 0.15) is 5.60 Å². The highest BCUT2D eigenvalue weighted by Crippen LogP contribution is 2.21. The zero-order valence-electron chi connectivity index (χ0n) is 15.2. The quantitative estimate of drug-likeness (QED) is 0.423. The van der Waals surface area contributed by atoms with Crippen molar-refractivity contribution in [1.29, 1.82) is 0 Å². The van der Waals surface area contributed by atoms with Gasteiger partial charge in [0, 0.05) is 31.3 Å². The topological polar surface area (TPSA) is 123 Å². The van der Waals surface area contributed by atoms with Crippen LogP contribution in [0, 0.1) is 0 Å². The van der Waals surface area contributed by atoms with Gasteiger partial charge in [0.05, 0.1) is 12.1 Å². The van der Waals surface area contributed by atoms with Gasteiger partial charge in [-0.15, -0.1) is 0 Å². The molecule has 11 heteroatoms. The van der Waals surface area contributed by atoms with E-state index in [1.54, 1.807) is 27.8 Å². The standard InChI is InChI=1S/C15H24N4O5S2/c1-15(2,3)24-14(23)17-10-9-19(4)18-12(10)13(22)16-6-8-26-25-7-5-11(20)21/h9H,5-8H2,1-4H3,(H,16,22)(H,17,23)(H,20,21). The lowest BCUT2D eigenvalue weighted by Gasteiger charge is -2.19. The zero-order valence-corrected chi connectivity index (χ0v) is 16.8. The Morgan fingerprint density at radius 3 is 2.54 bits per heavy atom. The first kappa shape index (κ1) is 22.2. The molecule has 146 valence electrons. The summed E-state index contributed by atoms with van der Waals surface area (Å²) in [6.07, 6.45) is 0.970. The van der Waals surface area contributed by atoms with Crippen LogP contribution in [0.2, 0.25) is 0 Å². The average Bonchev–Trinajstić information content (AvgIpc) is 2.84. The van der Waals surface area contributed by atoms with Crippen LogP contribution in [0.1, 0.15) is 37.7 Å². The van der Waals surface area contributed by atoms with E-state index in [-0.39, 0.29) is 17.8 Å². The van der Waals surface area contributed by atoms with Crippen LogP contribution in [0.25, 0.3) is 0 Å². The lowest BCUT2D eigenvalue weighted by molar-refractivity contribution is -0.136. The van der Waals surface area contributed by atoms with E-state index in [0.29, 0.717) is 18.1 Å². The van der Waals surface area contributed by atoms with Gasteiger partial charge >= 0.3 is 12.1 Å². The average molecular weight is 405 g/mol. The highest BCUT2D eigenvalue weighted by atomic mass is 33.1. The summed E-state index contributed by atoms with van der Waals surface area (Å²) in [5.41, 5.74) is -0.283. The molecule has 0 saturated heterocycles. The number of nitrogens with zero attached hydrogens (tertiary/aromatic N) is 2. The van der Waals surface area contributed by atoms with Crippen LogP contribution in [-0.4, -0.2) is 56.5 Å². The second-order valence-electron chi connectivity index (χ2n) is 6.24. The monoisotopic (exact) mass is 404 g/mol. The fourth-order valence-electron chi connectivity index (χ4n) is 1.70. The molecule has 2 amide bonds. The van der Waals surface area contributed by atoms with E-state index in [4.69, 9.17) is 9.84 Å². The molecule has 0 fully saturated rings. The van der Waals surface area contributed by atoms with Gasteiger partial charge < -0.3 is 15.2 Å². The van der Waals surface area contributed by atoms with Crippen molar-refractivity contribution in [2.24, 2.45) is 7.05 Å². The van der Waals surface area contributed by atoms with E-state index < -0.39 is 23.6 Å². The number of aromatic nitrogens is 2. The number of hydrogen-bond donors (Lipinski definition) is 3. The Labute approximate surface area is 160 Å². The molecule has 0 radical (unpaired) electrons. The maximum absolute atomic E-state index is 12.3. The number of carboxylic acids is 1. The van der Waals surface area contributed by atoms with Crippen molar-refractivity contribution in [3.63, 3.8) is 0 Å². The zero-order chi connectivity index (χ0) is 19.7. The fourth-order valence-corrected chi connectivity index (χ4v) is 3.58. The molecule has 0 saturated carbocycles. The minimum Gasteiger partial charge on any atom is -0.481 e. The number of aryl methyl sites for hydroxylation is 1. The molecule has 0 aliphatic rings. The third-order valence-corrected chi connectivity index (χ3v) is 5.04. The highest BCUT2D eigenvalue weighted by molar-refractivity contribution is 8.76. The van der Waals surface area contributed by atoms with Gasteiger partial charge in [-0.25, -0.2) is 4.79 Å². The third kappa shape index (κ3) is 8.99. The van der Waals surface area contributed by atoms with Gasteiger partial charge in [-0.3, -0.25) is 19.6 Å². The molecule has 0 aliphatic carbocycles. The van der Waals surface area contributed by atoms with Crippen LogP contribution in [-0.2, 0) is 16.6 Å². The molecular weight excluding hydrogens is 380 g/mol. The van der Waals surface area contributed by atoms with Crippen LogP contribution in [0.4, 0.5) is 10.5 Å². The van der Waals surface area contributed by atoms with E-state index in [9.17, 15) is 14.4 Å². The summed E-state index contributed by atoms with van der Waals surface area (Å²) in [6, 6.07) is 0. The maximum atomic E-state index is 12.3. The Morgan fingerprint density at radius 2 is 1.92 bits per heavy atom. The summed E-state index contributed by atoms with van der Waals surface area (Å²) in [6.45, 7) is 5.63. The molecule has 0 aliphatic heterocycles. The van der Waals surface area contributed by atoms with Crippen molar-refractivity contribution in [3.8, 4) is 0 Å². The smallest absolute Gasteiger partial charge is 0.412 e. The van der Waals surface area contributed by atoms with Crippen molar-refractivity contribution in [2.75, 3.05) is 23.4 Å². The van der Waals surface area contributed by atoms with Crippen LogP contribution >= 0.6 is 21.6 Å². The number of aliphatic carboxylic acids is 1. The van der Waals surface area contributed by atoms with Crippen LogP contribution in [0.3, 0.4) is 0 Å². The number of carboxylic acid groups (broad SMARTS) is 1. The summed E-state index contributed by atoms with van der Waals surface area (Å²) in [7, 11) is 4.57. The molecule has 3 N–H and O–H groups in total. The summed E-state index contributed by atoms with van der Waals surface area (Å²) in [4.78, 5) is 34.5. The third-order valence-electron chi connectivity index (χ3n) is 2.63. The van der Waals surface area contributed by atoms with Gasteiger partial charge in [0.15, 0.2) is 5.69 Å². The number of carbonyl (C=O) groups excluding carboxylic acids is 2. The molecule has 26 heavy (non-hydrogen) atoms. The normalized spacial score (nSPS) is 11.1. The number of amides is 2. The first-order valence-corrected chi connectivity index (χ1v) is 10.4. The fraction of sp³-hybridized carbons (Fsp3) is 0.600. The first-order valence-electron chi connectivity index (χ1n) is 7.86. The van der Waals surface area contributed by atoms with Gasteiger partial charge in [-0.2, -0.15) is 5.10 Å². The van der Waals surface area contributed by atoms with Crippen molar-refractivity contribution < 1.29 is 24.2 Å². The molecular formula is C15H24N4O5S2. The van der Waals surface area contributed by atoms with E-state index >= 15 is 0 Å². The Kier molecular flexibility index (Phi) is 8.79. The number of nitrogens with one attached hydrogen (secondary N) is 2. The number of ether oxygens (including phenoxy) is 1. The molecule has 0 bridgehead atoms. The Balaban J connectivity index is 2.46. The molecule has 0 atom stereocenters. The number of carbonyl (C=O) groups is 3. The number of anilines is 1. The SMILES string of the molecule is Cn1cc(NC(=O)OC(C)(C)C)c(C(=O)NCCSSCCC(=O)O)n1. The van der Waals surface area contributed by atoms with Crippen LogP contribution in [0.15, 0.2) is 6.20 Å². The molecule has 1 heterocycles. The summed E-state index contributed by atoms with van der Waals surface area (Å²) >= 11 is 0. The molecule has 0 unspecified atom stereocenters. The van der Waals surface area contributed by atoms with E-state index in [0.717, 1.165) is 0 Å². The van der Waals surface area contributed by atoms with Gasteiger partial charge in [-0.1, -0.05) is 21.6 Å². The van der Waals surface area contributed by atoms with Crippen molar-refractivity contribution >= 4 is 45.2 Å². The molecule has 1 rings (SSSR count). The Bertz CT molecular complexity index is 642. The number of rotatable bonds is 9. The minimum absolute atomic E-state index is 0.0990. The summed E-state index contributed by atoms with van der Waals surface area (Å²) in [5, 5.41) is 17.8. The van der Waals surface area contributed by atoms with Gasteiger partial charge in [-0.05, 0) is 20.8 Å². The highest BCUT2D eigenvalue weighted by Gasteiger charge is 2.21. The van der Waals surface area contributed by atoms with Crippen LogP contribution < -0.4 is 10.6 Å². The predicted octanol–water partition coefficient (Wildman–Crippen LogP) is 2.35. The van der Waals surface area contributed by atoms with Crippen molar-refractivity contribution in [3.05, 3.63) is 11.9 Å². The lowest BCUT2D eigenvalue weighted by Crippen LogP contribution is -2.29. The Hall–Kier alpha value is -1.88. The van der Waals surface area contributed by atoms with E-state index in [2.05, 4.69) is 15.7 Å². The lowest BCUT2D eigenvalue weighted by atomic mass is 10.2. The second kappa shape index (κ2) is 10.3. The number of hydrogen-bond acceptors (Lipinski definition) is 7. The molecule has 1 aromatic rings. The molecule has 0 spiro atoms. The largest absolute Gasteiger partial charge is 0.481 e. The van der Waals surface area contributed by atoms with E-state index in [1.807, 2.05) is 0 Å². The second-order valence-corrected chi connectivity index (χ2v) is 8.94. The molecule has 1 aromatic heterocycles. The molecule has 0 aromatic carbocycles. The van der Waals surface area contributed by atoms with Crippen molar-refractivity contribution in [2.45, 2.75) is 32.8 Å². The predicted molar refractivity (Wildman–Crippen MR) is 103 cm³/mol. The van der Waals surface area contributed by atoms with Gasteiger partial charge in [0.2, 0.25) is 0 Å². The first-order chi connectivity index (χ1) is 12.1. The van der Waals surface area contributed by atoms with E-state index in [1.165, 1.54) is 32.5 Å². The molecule has 9 nitrogen and oxygen atoms in total. The maximum Gasteiger partial charge on any atom is 0.412 e. The van der Waals surface area contributed by atoms with Crippen molar-refractivity contribution in [1.82, 2.24) is 15.1 Å². The van der Waals surface area contributed by atoms with Crippen LogP contribution in [0.5, 0.6) is 0 Å². The minimum atomic E-state index is -0.827. The summed E-state index contributed by atoms with van der Waals surface area (Å²) in [5.74, 6) is -0.102. The van der Waals surface area contributed by atoms with Gasteiger partial charge in [0.25, 0.3) is 5.91 Å². The summed E-state index contributed by atoms with van der Waals surface area (Å²) < 4.78 is 6.60. The Morgan fingerprint density at radius 1 is 1.27 bits per heavy atom.